The van der Waals surface area contributed by atoms with Crippen molar-refractivity contribution in [3.63, 3.8) is 0 Å². The molecule has 0 aromatic heterocycles. The van der Waals surface area contributed by atoms with Crippen LogP contribution in [0.2, 0.25) is 0 Å². The van der Waals surface area contributed by atoms with Crippen LogP contribution in [0.25, 0.3) is 0 Å². The van der Waals surface area contributed by atoms with Gasteiger partial charge in [0.05, 0.1) is 0 Å². The van der Waals surface area contributed by atoms with Crippen LogP contribution in [0.5, 0.6) is 0 Å². The van der Waals surface area contributed by atoms with E-state index in [4.69, 9.17) is 0 Å². The zero-order chi connectivity index (χ0) is 17.9. The average molecular weight is 343 g/mol. The number of imide groups is 1. The van der Waals surface area contributed by atoms with Crippen molar-refractivity contribution in [1.29, 1.82) is 0 Å². The van der Waals surface area contributed by atoms with Gasteiger partial charge in [0.25, 0.3) is 5.91 Å². The van der Waals surface area contributed by atoms with E-state index in [2.05, 4.69) is 10.6 Å². The highest BCUT2D eigenvalue weighted by Crippen LogP contribution is 2.33. The van der Waals surface area contributed by atoms with E-state index in [0.29, 0.717) is 6.42 Å². The Bertz CT molecular complexity index is 655. The third-order valence-corrected chi connectivity index (χ3v) is 5.09. The lowest BCUT2D eigenvalue weighted by molar-refractivity contribution is -0.135. The predicted octanol–water partition coefficient (Wildman–Crippen LogP) is 2.29. The van der Waals surface area contributed by atoms with E-state index in [9.17, 15) is 14.4 Å². The van der Waals surface area contributed by atoms with Crippen LogP contribution in [-0.4, -0.2) is 35.3 Å². The summed E-state index contributed by atoms with van der Waals surface area (Å²) in [6.45, 7) is 1.75. The molecule has 1 saturated heterocycles. The fraction of sp³-hybridized carbons (Fsp3) is 0.526. The van der Waals surface area contributed by atoms with Crippen molar-refractivity contribution in [2.45, 2.75) is 57.0 Å². The second-order valence-electron chi connectivity index (χ2n) is 6.89. The largest absolute Gasteiger partial charge is 0.352 e. The van der Waals surface area contributed by atoms with E-state index in [0.717, 1.165) is 42.6 Å². The first-order chi connectivity index (χ1) is 12.1. The highest BCUT2D eigenvalue weighted by molar-refractivity contribution is 6.09. The van der Waals surface area contributed by atoms with Gasteiger partial charge in [0.15, 0.2) is 0 Å². The molecule has 2 fully saturated rings. The molecule has 1 heterocycles. The topological polar surface area (TPSA) is 78.5 Å². The molecule has 134 valence electrons. The van der Waals surface area contributed by atoms with Crippen molar-refractivity contribution in [2.75, 3.05) is 6.54 Å². The molecule has 4 amide bonds. The van der Waals surface area contributed by atoms with Crippen LogP contribution in [-0.2, 0) is 15.1 Å². The minimum atomic E-state index is -1.07. The van der Waals surface area contributed by atoms with Crippen LogP contribution in [0.15, 0.2) is 30.3 Å². The molecule has 3 rings (SSSR count). The number of hydrogen-bond donors (Lipinski definition) is 2. The van der Waals surface area contributed by atoms with Crippen LogP contribution in [0.3, 0.4) is 0 Å². The Labute approximate surface area is 148 Å². The van der Waals surface area contributed by atoms with Gasteiger partial charge in [0, 0.05) is 6.04 Å². The molecule has 0 radical (unpaired) electrons. The molecule has 1 aliphatic carbocycles. The molecular formula is C19H25N3O3. The van der Waals surface area contributed by atoms with Crippen molar-refractivity contribution in [2.24, 2.45) is 0 Å². The van der Waals surface area contributed by atoms with Crippen LogP contribution in [0.4, 0.5) is 4.79 Å². The molecule has 1 aromatic rings. The van der Waals surface area contributed by atoms with Crippen molar-refractivity contribution in [3.8, 4) is 0 Å². The second kappa shape index (κ2) is 7.25. The average Bonchev–Trinajstić information content (AvgIpc) is 3.19. The number of benzene rings is 1. The Balaban J connectivity index is 1.76. The molecule has 6 heteroatoms. The van der Waals surface area contributed by atoms with Gasteiger partial charge in [0.1, 0.15) is 12.1 Å². The molecule has 0 spiro atoms. The summed E-state index contributed by atoms with van der Waals surface area (Å²) in [5.74, 6) is -0.608. The second-order valence-corrected chi connectivity index (χ2v) is 6.89. The Morgan fingerprint density at radius 2 is 1.92 bits per heavy atom. The van der Waals surface area contributed by atoms with Gasteiger partial charge in [-0.1, -0.05) is 56.5 Å². The van der Waals surface area contributed by atoms with Gasteiger partial charge < -0.3 is 10.6 Å². The lowest BCUT2D eigenvalue weighted by atomic mass is 9.85. The summed E-state index contributed by atoms with van der Waals surface area (Å²) >= 11 is 0. The van der Waals surface area contributed by atoms with E-state index in [1.165, 1.54) is 0 Å². The number of carbonyl (C=O) groups is 3. The Hall–Kier alpha value is -2.37. The number of hydrogen-bond acceptors (Lipinski definition) is 3. The predicted molar refractivity (Wildman–Crippen MR) is 93.7 cm³/mol. The van der Waals surface area contributed by atoms with E-state index in [-0.39, 0.29) is 24.4 Å². The highest BCUT2D eigenvalue weighted by Gasteiger charge is 2.52. The molecule has 25 heavy (non-hydrogen) atoms. The first kappa shape index (κ1) is 17.5. The van der Waals surface area contributed by atoms with Gasteiger partial charge in [-0.2, -0.15) is 0 Å². The lowest BCUT2D eigenvalue weighted by Gasteiger charge is -2.27. The summed E-state index contributed by atoms with van der Waals surface area (Å²) in [5.41, 5.74) is -0.310. The Morgan fingerprint density at radius 3 is 2.56 bits per heavy atom. The Morgan fingerprint density at radius 1 is 1.24 bits per heavy atom. The number of carbonyl (C=O) groups excluding carboxylic acids is 3. The maximum atomic E-state index is 13.1. The van der Waals surface area contributed by atoms with Gasteiger partial charge in [0.2, 0.25) is 5.91 Å². The van der Waals surface area contributed by atoms with Crippen LogP contribution < -0.4 is 10.6 Å². The highest BCUT2D eigenvalue weighted by atomic mass is 16.2. The molecule has 2 N–H and O–H groups in total. The van der Waals surface area contributed by atoms with E-state index < -0.39 is 11.6 Å². The van der Waals surface area contributed by atoms with Crippen molar-refractivity contribution in [3.05, 3.63) is 35.9 Å². The summed E-state index contributed by atoms with van der Waals surface area (Å²) < 4.78 is 0. The van der Waals surface area contributed by atoms with Crippen molar-refractivity contribution < 1.29 is 14.4 Å². The Kier molecular flexibility index (Phi) is 5.06. The minimum Gasteiger partial charge on any atom is -0.352 e. The SMILES string of the molecule is CCC[C@]1(c2ccccc2)NC(=O)N(CC(=O)NC2CCCC2)C1=O. The number of amides is 4. The first-order valence-corrected chi connectivity index (χ1v) is 9.06. The third kappa shape index (κ3) is 3.38. The zero-order valence-corrected chi connectivity index (χ0v) is 14.6. The van der Waals surface area contributed by atoms with Crippen molar-refractivity contribution >= 4 is 17.8 Å². The van der Waals surface area contributed by atoms with Gasteiger partial charge >= 0.3 is 6.03 Å². The van der Waals surface area contributed by atoms with E-state index in [1.54, 1.807) is 0 Å². The fourth-order valence-electron chi connectivity index (χ4n) is 3.86. The number of urea groups is 1. The smallest absolute Gasteiger partial charge is 0.325 e. The molecule has 1 atom stereocenters. The molecule has 1 aliphatic heterocycles. The fourth-order valence-corrected chi connectivity index (χ4v) is 3.86. The van der Waals surface area contributed by atoms with Crippen LogP contribution >= 0.6 is 0 Å². The molecule has 0 bridgehead atoms. The number of nitrogens with zero attached hydrogens (tertiary/aromatic N) is 1. The summed E-state index contributed by atoms with van der Waals surface area (Å²) in [7, 11) is 0. The maximum Gasteiger partial charge on any atom is 0.325 e. The minimum absolute atomic E-state index is 0.169. The van der Waals surface area contributed by atoms with Crippen LogP contribution in [0.1, 0.15) is 51.0 Å². The number of nitrogens with one attached hydrogen (secondary N) is 2. The first-order valence-electron chi connectivity index (χ1n) is 9.06. The lowest BCUT2D eigenvalue weighted by Crippen LogP contribution is -2.46. The van der Waals surface area contributed by atoms with Gasteiger partial charge in [-0.3, -0.25) is 14.5 Å². The molecule has 1 aromatic carbocycles. The zero-order valence-electron chi connectivity index (χ0n) is 14.6. The van der Waals surface area contributed by atoms with Crippen LogP contribution in [0, 0.1) is 0 Å². The van der Waals surface area contributed by atoms with E-state index >= 15 is 0 Å². The molecule has 1 saturated carbocycles. The number of rotatable bonds is 6. The molecule has 6 nitrogen and oxygen atoms in total. The quantitative estimate of drug-likeness (QED) is 0.778. The normalized spacial score (nSPS) is 23.8. The molecule has 2 aliphatic rings. The summed E-state index contributed by atoms with van der Waals surface area (Å²) in [6.07, 6.45) is 5.40. The van der Waals surface area contributed by atoms with E-state index in [1.807, 2.05) is 37.3 Å². The van der Waals surface area contributed by atoms with Gasteiger partial charge in [-0.25, -0.2) is 4.79 Å². The van der Waals surface area contributed by atoms with Gasteiger partial charge in [-0.05, 0) is 24.8 Å². The maximum absolute atomic E-state index is 13.1. The summed E-state index contributed by atoms with van der Waals surface area (Å²) in [6, 6.07) is 8.93. The molecule has 0 unspecified atom stereocenters. The standard InChI is InChI=1S/C19H25N3O3/c1-2-12-19(14-8-4-3-5-9-14)17(24)22(18(25)21-19)13-16(23)20-15-10-6-7-11-15/h3-5,8-9,15H,2,6-7,10-13H2,1H3,(H,20,23)(H,21,25)/t19-/m1/s1. The third-order valence-electron chi connectivity index (χ3n) is 5.09. The summed E-state index contributed by atoms with van der Waals surface area (Å²) in [4.78, 5) is 38.8. The summed E-state index contributed by atoms with van der Waals surface area (Å²) in [5, 5.41) is 5.77. The van der Waals surface area contributed by atoms with Crippen molar-refractivity contribution in [1.82, 2.24) is 15.5 Å². The monoisotopic (exact) mass is 343 g/mol. The molecular weight excluding hydrogens is 318 g/mol. The van der Waals surface area contributed by atoms with Gasteiger partial charge in [-0.15, -0.1) is 0 Å².